The van der Waals surface area contributed by atoms with E-state index < -0.39 is 0 Å². The highest BCUT2D eigenvalue weighted by Gasteiger charge is 2.35. The molecular weight excluding hydrogens is 358 g/mol. The smallest absolute Gasteiger partial charge is 0.234 e. The molecule has 27 heavy (non-hydrogen) atoms. The summed E-state index contributed by atoms with van der Waals surface area (Å²) >= 11 is 1.77. The van der Waals surface area contributed by atoms with Crippen molar-refractivity contribution in [3.8, 4) is 27.4 Å². The lowest BCUT2D eigenvalue weighted by atomic mass is 9.99. The number of aromatic nitrogens is 3. The van der Waals surface area contributed by atoms with Gasteiger partial charge in [-0.1, -0.05) is 23.5 Å². The van der Waals surface area contributed by atoms with Crippen LogP contribution in [0.15, 0.2) is 30.6 Å². The molecule has 0 spiro atoms. The second-order valence-electron chi connectivity index (χ2n) is 7.62. The van der Waals surface area contributed by atoms with E-state index in [1.165, 1.54) is 24.0 Å². The van der Waals surface area contributed by atoms with Crippen molar-refractivity contribution in [2.24, 2.45) is 5.92 Å². The average Bonchev–Trinajstić information content (AvgIpc) is 3.24. The van der Waals surface area contributed by atoms with E-state index >= 15 is 0 Å². The van der Waals surface area contributed by atoms with Gasteiger partial charge in [0.15, 0.2) is 5.13 Å². The number of rotatable bonds is 3. The highest BCUT2D eigenvalue weighted by molar-refractivity contribution is 7.19. The maximum atomic E-state index is 6.01. The summed E-state index contributed by atoms with van der Waals surface area (Å²) in [6.45, 7) is 3.69. The fourth-order valence-electron chi connectivity index (χ4n) is 4.13. The minimum Gasteiger partial charge on any atom is -0.472 e. The molecular formula is C20H21N5OS. The van der Waals surface area contributed by atoms with Gasteiger partial charge in [-0.05, 0) is 36.0 Å². The first-order valence-electron chi connectivity index (χ1n) is 9.59. The molecule has 2 aromatic heterocycles. The number of ether oxygens (including phenoxy) is 1. The molecule has 0 amide bonds. The summed E-state index contributed by atoms with van der Waals surface area (Å²) in [6, 6.07) is 7.18. The van der Waals surface area contributed by atoms with Crippen LogP contribution in [0.4, 0.5) is 5.13 Å². The minimum atomic E-state index is 0.573. The van der Waals surface area contributed by atoms with Gasteiger partial charge in [0.25, 0.3) is 0 Å². The van der Waals surface area contributed by atoms with Crippen molar-refractivity contribution in [1.82, 2.24) is 20.5 Å². The molecule has 2 N–H and O–H groups in total. The summed E-state index contributed by atoms with van der Waals surface area (Å²) < 4.78 is 6.01. The molecule has 138 valence electrons. The van der Waals surface area contributed by atoms with Crippen molar-refractivity contribution in [3.05, 3.63) is 36.2 Å². The molecule has 4 heterocycles. The van der Waals surface area contributed by atoms with Gasteiger partial charge in [0.05, 0.1) is 6.20 Å². The Kier molecular flexibility index (Phi) is 3.52. The predicted molar refractivity (Wildman–Crippen MR) is 106 cm³/mol. The van der Waals surface area contributed by atoms with Gasteiger partial charge in [0, 0.05) is 43.0 Å². The minimum absolute atomic E-state index is 0.573. The SMILES string of the molecule is c1cc2c(cc1-c1cn[nH]c1)COc1nc(N3CCNC(C4CC4)C3)sc1-2. The first-order chi connectivity index (χ1) is 13.3. The molecule has 6 rings (SSSR count). The van der Waals surface area contributed by atoms with Crippen molar-refractivity contribution < 1.29 is 4.74 Å². The zero-order chi connectivity index (χ0) is 17.8. The highest BCUT2D eigenvalue weighted by atomic mass is 32.1. The average molecular weight is 379 g/mol. The van der Waals surface area contributed by atoms with Crippen LogP contribution in [0, 0.1) is 5.92 Å². The molecule has 1 aliphatic carbocycles. The van der Waals surface area contributed by atoms with Crippen molar-refractivity contribution in [2.75, 3.05) is 24.5 Å². The first-order valence-corrected chi connectivity index (χ1v) is 10.4. The Labute approximate surface area is 161 Å². The lowest BCUT2D eigenvalue weighted by Gasteiger charge is -2.33. The molecule has 7 heteroatoms. The van der Waals surface area contributed by atoms with Gasteiger partial charge in [-0.2, -0.15) is 10.1 Å². The molecule has 1 aromatic carbocycles. The number of anilines is 1. The lowest BCUT2D eigenvalue weighted by molar-refractivity contribution is 0.292. The van der Waals surface area contributed by atoms with Crippen LogP contribution in [-0.4, -0.2) is 40.9 Å². The number of hydrogen-bond acceptors (Lipinski definition) is 6. The van der Waals surface area contributed by atoms with Gasteiger partial charge in [0.2, 0.25) is 5.88 Å². The van der Waals surface area contributed by atoms with Crippen LogP contribution in [0.3, 0.4) is 0 Å². The van der Waals surface area contributed by atoms with Crippen LogP contribution in [0.25, 0.3) is 21.6 Å². The fraction of sp³-hybridized carbons (Fsp3) is 0.400. The third-order valence-corrected chi connectivity index (χ3v) is 6.93. The van der Waals surface area contributed by atoms with Gasteiger partial charge in [-0.15, -0.1) is 0 Å². The number of thiazole rings is 1. The summed E-state index contributed by atoms with van der Waals surface area (Å²) in [6.07, 6.45) is 6.51. The van der Waals surface area contributed by atoms with Crippen molar-refractivity contribution in [1.29, 1.82) is 0 Å². The maximum Gasteiger partial charge on any atom is 0.234 e. The Morgan fingerprint density at radius 2 is 2.19 bits per heavy atom. The molecule has 1 unspecified atom stereocenters. The summed E-state index contributed by atoms with van der Waals surface area (Å²) in [4.78, 5) is 8.43. The second-order valence-corrected chi connectivity index (χ2v) is 8.60. The molecule has 0 radical (unpaired) electrons. The van der Waals surface area contributed by atoms with E-state index in [1.807, 2.05) is 12.4 Å². The molecule has 3 aliphatic rings. The lowest BCUT2D eigenvalue weighted by Crippen LogP contribution is -2.51. The van der Waals surface area contributed by atoms with Gasteiger partial charge in [-0.25, -0.2) is 0 Å². The quantitative estimate of drug-likeness (QED) is 0.731. The number of hydrogen-bond donors (Lipinski definition) is 2. The van der Waals surface area contributed by atoms with Crippen LogP contribution in [0.5, 0.6) is 5.88 Å². The van der Waals surface area contributed by atoms with Gasteiger partial charge < -0.3 is 15.0 Å². The third kappa shape index (κ3) is 2.73. The summed E-state index contributed by atoms with van der Waals surface area (Å²) in [5, 5.41) is 11.7. The van der Waals surface area contributed by atoms with Crippen LogP contribution in [0.2, 0.25) is 0 Å². The second kappa shape index (κ2) is 6.07. The fourth-order valence-corrected chi connectivity index (χ4v) is 5.24. The van der Waals surface area contributed by atoms with E-state index in [1.54, 1.807) is 11.3 Å². The van der Waals surface area contributed by atoms with E-state index in [0.29, 0.717) is 12.6 Å². The van der Waals surface area contributed by atoms with Crippen molar-refractivity contribution in [3.63, 3.8) is 0 Å². The summed E-state index contributed by atoms with van der Waals surface area (Å²) in [5.74, 6) is 1.65. The zero-order valence-electron chi connectivity index (χ0n) is 14.9. The number of H-pyrrole nitrogens is 1. The normalized spacial score (nSPS) is 21.5. The van der Waals surface area contributed by atoms with Crippen molar-refractivity contribution in [2.45, 2.75) is 25.5 Å². The molecule has 6 nitrogen and oxygen atoms in total. The Bertz CT molecular complexity index is 978. The molecule has 1 atom stereocenters. The number of nitrogens with zero attached hydrogens (tertiary/aromatic N) is 3. The van der Waals surface area contributed by atoms with Gasteiger partial charge in [0.1, 0.15) is 11.5 Å². The van der Waals surface area contributed by atoms with E-state index in [2.05, 4.69) is 38.6 Å². The highest BCUT2D eigenvalue weighted by Crippen LogP contribution is 2.45. The Balaban J connectivity index is 1.32. The van der Waals surface area contributed by atoms with E-state index in [9.17, 15) is 0 Å². The van der Waals surface area contributed by atoms with Crippen LogP contribution < -0.4 is 15.0 Å². The maximum absolute atomic E-state index is 6.01. The van der Waals surface area contributed by atoms with E-state index in [4.69, 9.17) is 9.72 Å². The number of benzene rings is 1. The standard InChI is InChI=1S/C20H21N5OS/c1-2-12(1)17-10-25(6-5-21-17)20-24-19-18(27-20)16-4-3-13(7-14(16)11-26-19)15-8-22-23-9-15/h3-4,7-9,12,17,21H,1-2,5-6,10-11H2,(H,22,23). The zero-order valence-corrected chi connectivity index (χ0v) is 15.8. The molecule has 2 aliphatic heterocycles. The monoisotopic (exact) mass is 379 g/mol. The molecule has 3 aromatic rings. The predicted octanol–water partition coefficient (Wildman–Crippen LogP) is 3.28. The molecule has 0 bridgehead atoms. The van der Waals surface area contributed by atoms with Gasteiger partial charge >= 0.3 is 0 Å². The van der Waals surface area contributed by atoms with E-state index in [-0.39, 0.29) is 0 Å². The van der Waals surface area contributed by atoms with Crippen molar-refractivity contribution >= 4 is 16.5 Å². The Hall–Kier alpha value is -2.38. The number of aromatic amines is 1. The first kappa shape index (κ1) is 15.7. The van der Waals surface area contributed by atoms with E-state index in [0.717, 1.165) is 52.6 Å². The van der Waals surface area contributed by atoms with Crippen LogP contribution in [0.1, 0.15) is 18.4 Å². The Morgan fingerprint density at radius 1 is 1.22 bits per heavy atom. The van der Waals surface area contributed by atoms with Crippen LogP contribution in [-0.2, 0) is 6.61 Å². The van der Waals surface area contributed by atoms with Crippen LogP contribution >= 0.6 is 11.3 Å². The van der Waals surface area contributed by atoms with Gasteiger partial charge in [-0.3, -0.25) is 5.10 Å². The molecule has 1 saturated heterocycles. The molecule has 1 saturated carbocycles. The Morgan fingerprint density at radius 3 is 3.04 bits per heavy atom. The summed E-state index contributed by atoms with van der Waals surface area (Å²) in [5.41, 5.74) is 4.72. The third-order valence-electron chi connectivity index (χ3n) is 5.80. The number of fused-ring (bicyclic) bond motifs is 3. The molecule has 2 fully saturated rings. The largest absolute Gasteiger partial charge is 0.472 e. The number of nitrogens with one attached hydrogen (secondary N) is 2. The topological polar surface area (TPSA) is 66.1 Å². The summed E-state index contributed by atoms with van der Waals surface area (Å²) in [7, 11) is 0. The number of piperazine rings is 1.